The van der Waals surface area contributed by atoms with Gasteiger partial charge in [0, 0.05) is 43.5 Å². The predicted octanol–water partition coefficient (Wildman–Crippen LogP) is 2.76. The SMILES string of the molecule is CCC1CN(C(=O)C[C@@H](N)c2ccc(C#N)cc2)CCN1c1nc(N)c2cc(OC)c(OC)c(F)c2n1. The van der Waals surface area contributed by atoms with Gasteiger partial charge < -0.3 is 30.7 Å². The number of aromatic nitrogens is 2. The average Bonchev–Trinajstić information content (AvgIpc) is 2.92. The minimum Gasteiger partial charge on any atom is -0.493 e. The number of amides is 1. The third kappa shape index (κ3) is 5.06. The maximum absolute atomic E-state index is 15.2. The normalized spacial score (nSPS) is 16.4. The van der Waals surface area contributed by atoms with Crippen LogP contribution in [-0.4, -0.2) is 60.7 Å². The van der Waals surface area contributed by atoms with Crippen molar-refractivity contribution in [2.24, 2.45) is 5.73 Å². The number of methoxy groups -OCH3 is 2. The van der Waals surface area contributed by atoms with Crippen LogP contribution in [0.25, 0.3) is 10.9 Å². The number of rotatable bonds is 7. The summed E-state index contributed by atoms with van der Waals surface area (Å²) in [5, 5.41) is 9.30. The molecule has 3 aromatic rings. The van der Waals surface area contributed by atoms with Crippen LogP contribution in [0, 0.1) is 17.1 Å². The smallest absolute Gasteiger partial charge is 0.228 e. The summed E-state index contributed by atoms with van der Waals surface area (Å²) in [6.45, 7) is 3.35. The molecule has 10 nitrogen and oxygen atoms in total. The standard InChI is InChI=1S/C26H30FN7O3/c1-4-17-14-33(21(35)12-19(29)16-7-5-15(13-28)6-8-16)9-10-34(17)26-31-23-18(25(30)32-26)11-20(36-2)24(37-3)22(23)27/h5-8,11,17,19H,4,9-10,12,14,29H2,1-3H3,(H2,30,31,32)/t17?,19-/m1/s1. The Labute approximate surface area is 214 Å². The van der Waals surface area contributed by atoms with Crippen molar-refractivity contribution in [2.45, 2.75) is 31.8 Å². The molecule has 2 aromatic carbocycles. The van der Waals surface area contributed by atoms with E-state index < -0.39 is 11.9 Å². The average molecular weight is 508 g/mol. The van der Waals surface area contributed by atoms with Gasteiger partial charge >= 0.3 is 0 Å². The van der Waals surface area contributed by atoms with E-state index >= 15 is 4.39 Å². The van der Waals surface area contributed by atoms with Crippen molar-refractivity contribution < 1.29 is 18.7 Å². The molecule has 0 aliphatic carbocycles. The second kappa shape index (κ2) is 10.8. The van der Waals surface area contributed by atoms with Gasteiger partial charge in [0.25, 0.3) is 0 Å². The molecule has 1 unspecified atom stereocenters. The van der Waals surface area contributed by atoms with Crippen molar-refractivity contribution in [1.82, 2.24) is 14.9 Å². The van der Waals surface area contributed by atoms with Crippen molar-refractivity contribution in [1.29, 1.82) is 5.26 Å². The summed E-state index contributed by atoms with van der Waals surface area (Å²) in [5.74, 6) is -0.165. The number of nitrogens with two attached hydrogens (primary N) is 2. The lowest BCUT2D eigenvalue weighted by molar-refractivity contribution is -0.132. The summed E-state index contributed by atoms with van der Waals surface area (Å²) >= 11 is 0. The molecule has 0 saturated carbocycles. The van der Waals surface area contributed by atoms with Gasteiger partial charge in [0.15, 0.2) is 17.3 Å². The quantitative estimate of drug-likeness (QED) is 0.493. The molecule has 4 rings (SSSR count). The first-order chi connectivity index (χ1) is 17.8. The van der Waals surface area contributed by atoms with Gasteiger partial charge in [0.05, 0.1) is 25.9 Å². The Morgan fingerprint density at radius 1 is 1.24 bits per heavy atom. The van der Waals surface area contributed by atoms with Crippen molar-refractivity contribution >= 4 is 28.6 Å². The molecular weight excluding hydrogens is 477 g/mol. The molecule has 11 heteroatoms. The first kappa shape index (κ1) is 25.9. The first-order valence-corrected chi connectivity index (χ1v) is 12.0. The topological polar surface area (TPSA) is 144 Å². The van der Waals surface area contributed by atoms with Crippen LogP contribution >= 0.6 is 0 Å². The summed E-state index contributed by atoms with van der Waals surface area (Å²) in [6, 6.07) is 9.98. The maximum atomic E-state index is 15.2. The summed E-state index contributed by atoms with van der Waals surface area (Å²) in [7, 11) is 2.77. The highest BCUT2D eigenvalue weighted by Gasteiger charge is 2.32. The number of nitrogens with zero attached hydrogens (tertiary/aromatic N) is 5. The van der Waals surface area contributed by atoms with Gasteiger partial charge in [0.2, 0.25) is 11.9 Å². The Hall–Kier alpha value is -4.17. The zero-order valence-corrected chi connectivity index (χ0v) is 21.1. The Balaban J connectivity index is 1.53. The zero-order chi connectivity index (χ0) is 26.7. The number of nitriles is 1. The van der Waals surface area contributed by atoms with Gasteiger partial charge in [-0.3, -0.25) is 4.79 Å². The molecule has 2 heterocycles. The second-order valence-electron chi connectivity index (χ2n) is 8.87. The largest absolute Gasteiger partial charge is 0.493 e. The number of anilines is 2. The number of ether oxygens (including phenoxy) is 2. The van der Waals surface area contributed by atoms with Gasteiger partial charge in [0.1, 0.15) is 11.3 Å². The third-order valence-electron chi connectivity index (χ3n) is 6.72. The molecule has 0 spiro atoms. The van der Waals surface area contributed by atoms with E-state index in [1.54, 1.807) is 35.2 Å². The molecule has 2 atom stereocenters. The van der Waals surface area contributed by atoms with Crippen LogP contribution < -0.4 is 25.8 Å². The molecule has 0 bridgehead atoms. The van der Waals surface area contributed by atoms with Crippen molar-refractivity contribution in [3.05, 3.63) is 47.3 Å². The number of fused-ring (bicyclic) bond motifs is 1. The summed E-state index contributed by atoms with van der Waals surface area (Å²) in [6.07, 6.45) is 0.857. The van der Waals surface area contributed by atoms with E-state index in [9.17, 15) is 4.79 Å². The number of nitrogen functional groups attached to an aromatic ring is 1. The number of benzene rings is 2. The lowest BCUT2D eigenvalue weighted by atomic mass is 10.0. The minimum atomic E-state index is -0.675. The number of hydrogen-bond donors (Lipinski definition) is 2. The molecular formula is C26H30FN7O3. The van der Waals surface area contributed by atoms with Gasteiger partial charge in [-0.05, 0) is 30.2 Å². The van der Waals surface area contributed by atoms with Gasteiger partial charge in [-0.1, -0.05) is 19.1 Å². The second-order valence-corrected chi connectivity index (χ2v) is 8.87. The van der Waals surface area contributed by atoms with Crippen LogP contribution in [-0.2, 0) is 4.79 Å². The van der Waals surface area contributed by atoms with E-state index in [0.29, 0.717) is 43.0 Å². The number of piperazine rings is 1. The van der Waals surface area contributed by atoms with Gasteiger partial charge in [-0.15, -0.1) is 0 Å². The summed E-state index contributed by atoms with van der Waals surface area (Å²) in [5.41, 5.74) is 13.9. The van der Waals surface area contributed by atoms with Crippen molar-refractivity contribution in [2.75, 3.05) is 44.5 Å². The Morgan fingerprint density at radius 3 is 2.59 bits per heavy atom. The Bertz CT molecular complexity index is 1340. The van der Waals surface area contributed by atoms with Crippen LogP contribution in [0.15, 0.2) is 30.3 Å². The lowest BCUT2D eigenvalue weighted by Gasteiger charge is -2.41. The maximum Gasteiger partial charge on any atom is 0.228 e. The highest BCUT2D eigenvalue weighted by atomic mass is 19.1. The van der Waals surface area contributed by atoms with E-state index in [4.69, 9.17) is 26.2 Å². The number of carbonyl (C=O) groups excluding carboxylic acids is 1. The fraction of sp³-hybridized carbons (Fsp3) is 0.385. The van der Waals surface area contributed by atoms with Crippen LogP contribution in [0.2, 0.25) is 0 Å². The fourth-order valence-corrected chi connectivity index (χ4v) is 4.60. The predicted molar refractivity (Wildman–Crippen MR) is 138 cm³/mol. The van der Waals surface area contributed by atoms with E-state index in [-0.39, 0.29) is 41.2 Å². The lowest BCUT2D eigenvalue weighted by Crippen LogP contribution is -2.55. The molecule has 1 aliphatic rings. The van der Waals surface area contributed by atoms with Crippen LogP contribution in [0.4, 0.5) is 16.2 Å². The van der Waals surface area contributed by atoms with E-state index in [2.05, 4.69) is 16.0 Å². The number of carbonyl (C=O) groups is 1. The van der Waals surface area contributed by atoms with Gasteiger partial charge in [-0.2, -0.15) is 10.2 Å². The van der Waals surface area contributed by atoms with Crippen molar-refractivity contribution in [3.8, 4) is 17.6 Å². The molecule has 1 aromatic heterocycles. The third-order valence-corrected chi connectivity index (χ3v) is 6.72. The molecule has 4 N–H and O–H groups in total. The van der Waals surface area contributed by atoms with Crippen LogP contribution in [0.5, 0.6) is 11.5 Å². The van der Waals surface area contributed by atoms with E-state index in [1.807, 2.05) is 11.8 Å². The van der Waals surface area contributed by atoms with Crippen molar-refractivity contribution in [3.63, 3.8) is 0 Å². The molecule has 1 amide bonds. The molecule has 37 heavy (non-hydrogen) atoms. The number of halogens is 1. The minimum absolute atomic E-state index is 0.0434. The van der Waals surface area contributed by atoms with Gasteiger partial charge in [-0.25, -0.2) is 9.37 Å². The van der Waals surface area contributed by atoms with E-state index in [1.165, 1.54) is 14.2 Å². The fourth-order valence-electron chi connectivity index (χ4n) is 4.60. The molecule has 1 fully saturated rings. The molecule has 1 aliphatic heterocycles. The highest BCUT2D eigenvalue weighted by Crippen LogP contribution is 2.38. The molecule has 0 radical (unpaired) electrons. The number of hydrogen-bond acceptors (Lipinski definition) is 9. The Morgan fingerprint density at radius 2 is 1.97 bits per heavy atom. The Kier molecular flexibility index (Phi) is 7.59. The summed E-state index contributed by atoms with van der Waals surface area (Å²) in [4.78, 5) is 25.7. The van der Waals surface area contributed by atoms with Crippen LogP contribution in [0.1, 0.15) is 36.9 Å². The van der Waals surface area contributed by atoms with E-state index in [0.717, 1.165) is 5.56 Å². The van der Waals surface area contributed by atoms with Crippen LogP contribution in [0.3, 0.4) is 0 Å². The summed E-state index contributed by atoms with van der Waals surface area (Å²) < 4.78 is 25.6. The highest BCUT2D eigenvalue weighted by molar-refractivity contribution is 5.92. The molecule has 1 saturated heterocycles. The molecule has 194 valence electrons. The monoisotopic (exact) mass is 507 g/mol. The zero-order valence-electron chi connectivity index (χ0n) is 21.1. The first-order valence-electron chi connectivity index (χ1n) is 12.0.